The molecule has 1 aromatic rings. The molecule has 0 unspecified atom stereocenters. The number of carbonyl (C=O) groups excluding carboxylic acids is 1. The summed E-state index contributed by atoms with van der Waals surface area (Å²) >= 11 is 0. The van der Waals surface area contributed by atoms with Crippen LogP contribution in [-0.4, -0.2) is 43.6 Å². The highest BCUT2D eigenvalue weighted by Gasteiger charge is 2.37. The minimum atomic E-state index is 0. The van der Waals surface area contributed by atoms with Crippen molar-refractivity contribution in [3.63, 3.8) is 0 Å². The van der Waals surface area contributed by atoms with E-state index in [4.69, 9.17) is 4.74 Å². The van der Waals surface area contributed by atoms with Crippen LogP contribution in [-0.2, 0) is 4.79 Å². The van der Waals surface area contributed by atoms with Crippen LogP contribution in [0.5, 0.6) is 5.75 Å². The first kappa shape index (κ1) is 17.1. The van der Waals surface area contributed by atoms with E-state index in [2.05, 4.69) is 25.2 Å². The molecular weight excluding hydrogens is 300 g/mol. The Morgan fingerprint density at radius 1 is 1.27 bits per heavy atom. The van der Waals surface area contributed by atoms with Gasteiger partial charge in [0.25, 0.3) is 0 Å². The van der Waals surface area contributed by atoms with E-state index in [1.54, 1.807) is 0 Å². The fourth-order valence-electron chi connectivity index (χ4n) is 3.35. The molecule has 4 nitrogen and oxygen atoms in total. The third-order valence-electron chi connectivity index (χ3n) is 4.87. The van der Waals surface area contributed by atoms with Crippen molar-refractivity contribution in [2.45, 2.75) is 20.3 Å². The second-order valence-corrected chi connectivity index (χ2v) is 6.27. The Kier molecular flexibility index (Phi) is 5.70. The lowest BCUT2D eigenvalue weighted by Gasteiger charge is -2.18. The highest BCUT2D eigenvalue weighted by atomic mass is 35.5. The smallest absolute Gasteiger partial charge is 0.226 e. The van der Waals surface area contributed by atoms with Crippen molar-refractivity contribution in [3.8, 4) is 5.75 Å². The number of aryl methyl sites for hydroxylation is 1. The summed E-state index contributed by atoms with van der Waals surface area (Å²) in [6.45, 7) is 8.56. The number of nitrogens with zero attached hydrogens (tertiary/aromatic N) is 1. The standard InChI is InChI=1S/C17H24N2O2.ClH/c1-12-4-3-5-16(13(12)2)21-7-6-17(20)19-10-14-8-18-9-15(14)11-19;/h3-5,14-15,18H,6-11H2,1-2H3;1H/t14-,15+;. The first-order valence-electron chi connectivity index (χ1n) is 7.82. The van der Waals surface area contributed by atoms with Crippen molar-refractivity contribution >= 4 is 18.3 Å². The number of nitrogens with one attached hydrogen (secondary N) is 1. The number of carbonyl (C=O) groups is 1. The van der Waals surface area contributed by atoms with Crippen molar-refractivity contribution in [2.24, 2.45) is 11.8 Å². The topological polar surface area (TPSA) is 41.6 Å². The molecule has 1 amide bonds. The van der Waals surface area contributed by atoms with Gasteiger partial charge in [-0.1, -0.05) is 12.1 Å². The van der Waals surface area contributed by atoms with Gasteiger partial charge in [-0.15, -0.1) is 12.4 Å². The van der Waals surface area contributed by atoms with Gasteiger partial charge in [0, 0.05) is 26.2 Å². The SMILES string of the molecule is Cc1cccc(OCCC(=O)N2C[C@H]3CNC[C@H]3C2)c1C.Cl. The van der Waals surface area contributed by atoms with Gasteiger partial charge in [-0.2, -0.15) is 0 Å². The third-order valence-corrected chi connectivity index (χ3v) is 4.87. The molecule has 1 aromatic carbocycles. The fourth-order valence-corrected chi connectivity index (χ4v) is 3.35. The largest absolute Gasteiger partial charge is 0.493 e. The van der Waals surface area contributed by atoms with Crippen LogP contribution in [0.15, 0.2) is 18.2 Å². The first-order chi connectivity index (χ1) is 10.1. The van der Waals surface area contributed by atoms with Gasteiger partial charge in [0.1, 0.15) is 5.75 Å². The lowest BCUT2D eigenvalue weighted by Crippen LogP contribution is -2.32. The number of halogens is 1. The molecule has 0 bridgehead atoms. The van der Waals surface area contributed by atoms with Gasteiger partial charge in [-0.25, -0.2) is 0 Å². The molecule has 122 valence electrons. The Morgan fingerprint density at radius 3 is 2.64 bits per heavy atom. The highest BCUT2D eigenvalue weighted by molar-refractivity contribution is 5.85. The van der Waals surface area contributed by atoms with Crippen molar-refractivity contribution in [1.82, 2.24) is 10.2 Å². The Morgan fingerprint density at radius 2 is 1.95 bits per heavy atom. The Bertz CT molecular complexity index is 523. The lowest BCUT2D eigenvalue weighted by molar-refractivity contribution is -0.130. The maximum Gasteiger partial charge on any atom is 0.226 e. The van der Waals surface area contributed by atoms with Crippen LogP contribution in [0, 0.1) is 25.7 Å². The van der Waals surface area contributed by atoms with Crippen molar-refractivity contribution in [2.75, 3.05) is 32.8 Å². The Balaban J connectivity index is 0.00000176. The van der Waals surface area contributed by atoms with Gasteiger partial charge in [0.05, 0.1) is 13.0 Å². The zero-order chi connectivity index (χ0) is 14.8. The van der Waals surface area contributed by atoms with E-state index in [1.807, 2.05) is 17.0 Å². The molecular formula is C17H25ClN2O2. The number of fused-ring (bicyclic) bond motifs is 1. The summed E-state index contributed by atoms with van der Waals surface area (Å²) in [5.74, 6) is 2.45. The maximum atomic E-state index is 12.2. The van der Waals surface area contributed by atoms with E-state index in [0.29, 0.717) is 24.9 Å². The Hall–Kier alpha value is -1.26. The van der Waals surface area contributed by atoms with Gasteiger partial charge in [-0.05, 0) is 42.9 Å². The number of hydrogen-bond acceptors (Lipinski definition) is 3. The molecule has 2 atom stereocenters. The number of benzene rings is 1. The van der Waals surface area contributed by atoms with Crippen molar-refractivity contribution in [1.29, 1.82) is 0 Å². The molecule has 0 aromatic heterocycles. The number of amides is 1. The summed E-state index contributed by atoms with van der Waals surface area (Å²) in [4.78, 5) is 14.3. The Labute approximate surface area is 138 Å². The summed E-state index contributed by atoms with van der Waals surface area (Å²) in [6.07, 6.45) is 0.472. The zero-order valence-electron chi connectivity index (χ0n) is 13.3. The van der Waals surface area contributed by atoms with Gasteiger partial charge < -0.3 is 15.0 Å². The van der Waals surface area contributed by atoms with Crippen LogP contribution in [0.2, 0.25) is 0 Å². The fraction of sp³-hybridized carbons (Fsp3) is 0.588. The van der Waals surface area contributed by atoms with Crippen molar-refractivity contribution < 1.29 is 9.53 Å². The minimum absolute atomic E-state index is 0. The van der Waals surface area contributed by atoms with Crippen LogP contribution >= 0.6 is 12.4 Å². The molecule has 2 saturated heterocycles. The van der Waals surface area contributed by atoms with Crippen LogP contribution in [0.3, 0.4) is 0 Å². The van der Waals surface area contributed by atoms with Gasteiger partial charge in [-0.3, -0.25) is 4.79 Å². The second kappa shape index (κ2) is 7.34. The number of hydrogen-bond donors (Lipinski definition) is 1. The zero-order valence-corrected chi connectivity index (χ0v) is 14.1. The second-order valence-electron chi connectivity index (χ2n) is 6.27. The van der Waals surface area contributed by atoms with E-state index in [-0.39, 0.29) is 18.3 Å². The van der Waals surface area contributed by atoms with Gasteiger partial charge in [0.2, 0.25) is 5.91 Å². The molecule has 2 aliphatic heterocycles. The molecule has 22 heavy (non-hydrogen) atoms. The molecule has 0 spiro atoms. The summed E-state index contributed by atoms with van der Waals surface area (Å²) in [7, 11) is 0. The number of likely N-dealkylation sites (tertiary alicyclic amines) is 1. The van der Waals surface area contributed by atoms with Gasteiger partial charge in [0.15, 0.2) is 0 Å². The first-order valence-corrected chi connectivity index (χ1v) is 7.82. The molecule has 2 fully saturated rings. The van der Waals surface area contributed by atoms with Crippen LogP contribution in [0.4, 0.5) is 0 Å². The predicted molar refractivity (Wildman–Crippen MR) is 89.7 cm³/mol. The average molecular weight is 325 g/mol. The summed E-state index contributed by atoms with van der Waals surface area (Å²) in [5, 5.41) is 3.40. The molecule has 2 heterocycles. The maximum absolute atomic E-state index is 12.2. The van der Waals surface area contributed by atoms with Crippen LogP contribution in [0.1, 0.15) is 17.5 Å². The molecule has 2 aliphatic rings. The van der Waals surface area contributed by atoms with E-state index in [0.717, 1.165) is 37.5 Å². The van der Waals surface area contributed by atoms with Crippen LogP contribution in [0.25, 0.3) is 0 Å². The molecule has 1 N–H and O–H groups in total. The predicted octanol–water partition coefficient (Wildman–Crippen LogP) is 2.17. The van der Waals surface area contributed by atoms with E-state index >= 15 is 0 Å². The van der Waals surface area contributed by atoms with E-state index in [1.165, 1.54) is 5.56 Å². The third kappa shape index (κ3) is 3.55. The average Bonchev–Trinajstić information content (AvgIpc) is 3.04. The van der Waals surface area contributed by atoms with E-state index < -0.39 is 0 Å². The van der Waals surface area contributed by atoms with Gasteiger partial charge >= 0.3 is 0 Å². The molecule has 5 heteroatoms. The quantitative estimate of drug-likeness (QED) is 0.923. The van der Waals surface area contributed by atoms with E-state index in [9.17, 15) is 4.79 Å². The number of ether oxygens (including phenoxy) is 1. The summed E-state index contributed by atoms with van der Waals surface area (Å²) < 4.78 is 5.78. The molecule has 3 rings (SSSR count). The normalized spacial score (nSPS) is 23.1. The highest BCUT2D eigenvalue weighted by Crippen LogP contribution is 2.26. The summed E-state index contributed by atoms with van der Waals surface area (Å²) in [5.41, 5.74) is 2.38. The lowest BCUT2D eigenvalue weighted by atomic mass is 10.0. The molecule has 0 saturated carbocycles. The monoisotopic (exact) mass is 324 g/mol. The van der Waals surface area contributed by atoms with Crippen molar-refractivity contribution in [3.05, 3.63) is 29.3 Å². The number of rotatable bonds is 4. The minimum Gasteiger partial charge on any atom is -0.493 e. The molecule has 0 radical (unpaired) electrons. The molecule has 0 aliphatic carbocycles. The van der Waals surface area contributed by atoms with Crippen LogP contribution < -0.4 is 10.1 Å². The summed E-state index contributed by atoms with van der Waals surface area (Å²) in [6, 6.07) is 6.04.